The molecule has 0 saturated heterocycles. The molecule has 2 atom stereocenters. The van der Waals surface area contributed by atoms with Crippen LogP contribution in [-0.2, 0) is 4.74 Å². The fourth-order valence-corrected chi connectivity index (χ4v) is 3.14. The molecule has 0 aromatic heterocycles. The number of hydrogen-bond donors (Lipinski definition) is 0. The monoisotopic (exact) mass is 284 g/mol. The van der Waals surface area contributed by atoms with Crippen LogP contribution in [0.15, 0.2) is 46.2 Å². The molecule has 0 aromatic rings. The molecule has 3 aliphatic rings. The molecular weight excluding hydrogens is 275 g/mol. The molecule has 0 fully saturated rings. The van der Waals surface area contributed by atoms with Crippen LogP contribution in [0, 0.1) is 0 Å². The van der Waals surface area contributed by atoms with Crippen molar-refractivity contribution >= 4 is 27.5 Å². The van der Waals surface area contributed by atoms with Gasteiger partial charge in [0.05, 0.1) is 5.03 Å². The van der Waals surface area contributed by atoms with Crippen molar-refractivity contribution < 1.29 is 4.74 Å². The summed E-state index contributed by atoms with van der Waals surface area (Å²) < 4.78 is 5.88. The fourth-order valence-electron chi connectivity index (χ4n) is 2.25. The number of ether oxygens (including phenoxy) is 1. The molecule has 3 heteroatoms. The van der Waals surface area contributed by atoms with Crippen molar-refractivity contribution in [3.63, 3.8) is 0 Å². The Morgan fingerprint density at radius 3 is 3.13 bits per heavy atom. The van der Waals surface area contributed by atoms with Crippen molar-refractivity contribution in [1.82, 2.24) is 0 Å². The Balaban J connectivity index is 2.10. The third kappa shape index (κ3) is 1.42. The molecule has 0 bridgehead atoms. The van der Waals surface area contributed by atoms with Gasteiger partial charge in [0.1, 0.15) is 11.9 Å². The average molecular weight is 286 g/mol. The highest BCUT2D eigenvalue weighted by atomic mass is 79.9. The molecule has 0 radical (unpaired) electrons. The first kappa shape index (κ1) is 9.73. The van der Waals surface area contributed by atoms with E-state index in [4.69, 9.17) is 16.3 Å². The molecule has 3 rings (SSSR count). The summed E-state index contributed by atoms with van der Waals surface area (Å²) in [6, 6.07) is 0. The molecule has 0 N–H and O–H groups in total. The SMILES string of the molecule is ClC1=CCC(Br)C2=C1OC1CC=CC=C21. The van der Waals surface area contributed by atoms with E-state index in [-0.39, 0.29) is 6.10 Å². The second-order valence-corrected chi connectivity index (χ2v) is 5.40. The van der Waals surface area contributed by atoms with Gasteiger partial charge in [-0.1, -0.05) is 51.8 Å². The minimum Gasteiger partial charge on any atom is -0.484 e. The average Bonchev–Trinajstić information content (AvgIpc) is 2.64. The van der Waals surface area contributed by atoms with Gasteiger partial charge in [0.2, 0.25) is 0 Å². The first-order valence-electron chi connectivity index (χ1n) is 5.05. The minimum absolute atomic E-state index is 0.181. The lowest BCUT2D eigenvalue weighted by molar-refractivity contribution is 0.176. The third-order valence-electron chi connectivity index (χ3n) is 2.96. The molecule has 0 saturated carbocycles. The quantitative estimate of drug-likeness (QED) is 0.615. The highest BCUT2D eigenvalue weighted by Crippen LogP contribution is 2.45. The zero-order valence-electron chi connectivity index (χ0n) is 8.04. The molecule has 0 aromatic carbocycles. The Bertz CT molecular complexity index is 431. The largest absolute Gasteiger partial charge is 0.484 e. The molecule has 2 unspecified atom stereocenters. The topological polar surface area (TPSA) is 9.23 Å². The molecule has 78 valence electrons. The van der Waals surface area contributed by atoms with E-state index in [1.54, 1.807) is 0 Å². The normalized spacial score (nSPS) is 32.9. The number of alkyl halides is 1. The third-order valence-corrected chi connectivity index (χ3v) is 4.12. The molecule has 0 amide bonds. The highest BCUT2D eigenvalue weighted by molar-refractivity contribution is 9.09. The maximum Gasteiger partial charge on any atom is 0.143 e. The Labute approximate surface area is 102 Å². The van der Waals surface area contributed by atoms with E-state index in [1.165, 1.54) is 11.1 Å². The van der Waals surface area contributed by atoms with Crippen LogP contribution < -0.4 is 0 Å². The number of halogens is 2. The van der Waals surface area contributed by atoms with Gasteiger partial charge in [-0.25, -0.2) is 0 Å². The maximum absolute atomic E-state index is 6.16. The van der Waals surface area contributed by atoms with E-state index in [9.17, 15) is 0 Å². The predicted octanol–water partition coefficient (Wildman–Crippen LogP) is 3.82. The maximum atomic E-state index is 6.16. The second kappa shape index (κ2) is 3.53. The Morgan fingerprint density at radius 1 is 1.40 bits per heavy atom. The lowest BCUT2D eigenvalue weighted by Crippen LogP contribution is -2.12. The summed E-state index contributed by atoms with van der Waals surface area (Å²) in [7, 11) is 0. The van der Waals surface area contributed by atoms with Gasteiger partial charge in [-0.3, -0.25) is 0 Å². The molecular formula is C12H10BrClO. The fraction of sp³-hybridized carbons (Fsp3) is 0.333. The van der Waals surface area contributed by atoms with Crippen molar-refractivity contribution in [1.29, 1.82) is 0 Å². The first-order chi connectivity index (χ1) is 7.27. The van der Waals surface area contributed by atoms with Gasteiger partial charge in [-0.15, -0.1) is 0 Å². The van der Waals surface area contributed by atoms with Crippen LogP contribution in [0.4, 0.5) is 0 Å². The van der Waals surface area contributed by atoms with Crippen LogP contribution in [0.2, 0.25) is 0 Å². The lowest BCUT2D eigenvalue weighted by Gasteiger charge is -2.16. The van der Waals surface area contributed by atoms with Crippen molar-refractivity contribution in [2.75, 3.05) is 0 Å². The smallest absolute Gasteiger partial charge is 0.143 e. The number of allylic oxidation sites excluding steroid dienone is 4. The molecule has 2 aliphatic carbocycles. The van der Waals surface area contributed by atoms with E-state index < -0.39 is 0 Å². The summed E-state index contributed by atoms with van der Waals surface area (Å²) in [6.45, 7) is 0. The van der Waals surface area contributed by atoms with Crippen LogP contribution >= 0.6 is 27.5 Å². The van der Waals surface area contributed by atoms with E-state index in [1.807, 2.05) is 6.08 Å². The summed E-state index contributed by atoms with van der Waals surface area (Å²) in [5.74, 6) is 0.879. The molecule has 1 nitrogen and oxygen atoms in total. The summed E-state index contributed by atoms with van der Waals surface area (Å²) in [5, 5.41) is 0.760. The zero-order chi connectivity index (χ0) is 10.4. The van der Waals surface area contributed by atoms with Crippen LogP contribution in [0.3, 0.4) is 0 Å². The molecule has 1 aliphatic heterocycles. The van der Waals surface area contributed by atoms with Crippen LogP contribution in [0.25, 0.3) is 0 Å². The van der Waals surface area contributed by atoms with Crippen molar-refractivity contribution in [3.8, 4) is 0 Å². The van der Waals surface area contributed by atoms with Gasteiger partial charge in [0.25, 0.3) is 0 Å². The summed E-state index contributed by atoms with van der Waals surface area (Å²) in [4.78, 5) is 0.345. The van der Waals surface area contributed by atoms with Gasteiger partial charge in [-0.05, 0) is 6.42 Å². The molecule has 15 heavy (non-hydrogen) atoms. The van der Waals surface area contributed by atoms with Crippen LogP contribution in [0.5, 0.6) is 0 Å². The minimum atomic E-state index is 0.181. The van der Waals surface area contributed by atoms with Crippen LogP contribution in [0.1, 0.15) is 12.8 Å². The van der Waals surface area contributed by atoms with Crippen molar-refractivity contribution in [3.05, 3.63) is 46.2 Å². The van der Waals surface area contributed by atoms with Crippen LogP contribution in [-0.4, -0.2) is 10.9 Å². The summed E-state index contributed by atoms with van der Waals surface area (Å²) in [5.41, 5.74) is 2.54. The predicted molar refractivity (Wildman–Crippen MR) is 65.0 cm³/mol. The summed E-state index contributed by atoms with van der Waals surface area (Å²) in [6.07, 6.45) is 10.5. The standard InChI is InChI=1S/C12H10BrClO/c13-8-5-6-9(14)12-11(8)7-3-1-2-4-10(7)15-12/h1-3,6,8,10H,4-5H2. The number of hydrogen-bond acceptors (Lipinski definition) is 1. The van der Waals surface area contributed by atoms with Crippen molar-refractivity contribution in [2.24, 2.45) is 0 Å². The zero-order valence-corrected chi connectivity index (χ0v) is 10.4. The Kier molecular flexibility index (Phi) is 2.29. The van der Waals surface area contributed by atoms with E-state index in [0.717, 1.165) is 23.6 Å². The second-order valence-electron chi connectivity index (χ2n) is 3.89. The Morgan fingerprint density at radius 2 is 2.27 bits per heavy atom. The first-order valence-corrected chi connectivity index (χ1v) is 6.35. The van der Waals surface area contributed by atoms with Gasteiger partial charge in [-0.2, -0.15) is 0 Å². The van der Waals surface area contributed by atoms with Gasteiger partial charge >= 0.3 is 0 Å². The number of rotatable bonds is 0. The highest BCUT2D eigenvalue weighted by Gasteiger charge is 2.37. The molecule has 1 heterocycles. The van der Waals surface area contributed by atoms with E-state index in [2.05, 4.69) is 34.2 Å². The van der Waals surface area contributed by atoms with Gasteiger partial charge < -0.3 is 4.74 Å². The Hall–Kier alpha value is -0.470. The molecule has 0 spiro atoms. The number of fused-ring (bicyclic) bond motifs is 2. The van der Waals surface area contributed by atoms with E-state index in [0.29, 0.717) is 4.83 Å². The van der Waals surface area contributed by atoms with Gasteiger partial charge in [0.15, 0.2) is 0 Å². The van der Waals surface area contributed by atoms with Crippen molar-refractivity contribution in [2.45, 2.75) is 23.8 Å². The van der Waals surface area contributed by atoms with Gasteiger partial charge in [0, 0.05) is 22.4 Å². The summed E-state index contributed by atoms with van der Waals surface area (Å²) >= 11 is 9.84. The lowest BCUT2D eigenvalue weighted by atomic mass is 9.91. The van der Waals surface area contributed by atoms with E-state index >= 15 is 0 Å².